The Morgan fingerprint density at radius 2 is 1.78 bits per heavy atom. The van der Waals surface area contributed by atoms with E-state index in [1.54, 1.807) is 0 Å². The van der Waals surface area contributed by atoms with E-state index in [0.717, 1.165) is 6.07 Å². The lowest BCUT2D eigenvalue weighted by molar-refractivity contribution is -0.197. The number of alkyl halides is 3. The first-order valence-corrected chi connectivity index (χ1v) is 5.13. The van der Waals surface area contributed by atoms with Gasteiger partial charge in [0.1, 0.15) is 5.75 Å². The van der Waals surface area contributed by atoms with Gasteiger partial charge in [0.05, 0.1) is 17.2 Å². The van der Waals surface area contributed by atoms with Gasteiger partial charge in [-0.1, -0.05) is 0 Å². The van der Waals surface area contributed by atoms with Crippen molar-refractivity contribution < 1.29 is 18.3 Å². The monoisotopic (exact) mass is 252 g/mol. The van der Waals surface area contributed by atoms with Gasteiger partial charge in [-0.3, -0.25) is 9.55 Å². The van der Waals surface area contributed by atoms with Crippen LogP contribution in [0.2, 0.25) is 0 Å². The number of phenols is 1. The van der Waals surface area contributed by atoms with E-state index in [1.807, 2.05) is 0 Å². The molecule has 0 aliphatic rings. The van der Waals surface area contributed by atoms with Crippen molar-refractivity contribution in [2.24, 2.45) is 0 Å². The average molecular weight is 252 g/mol. The van der Waals surface area contributed by atoms with Crippen molar-refractivity contribution in [3.05, 3.63) is 36.7 Å². The second-order valence-electron chi connectivity index (χ2n) is 3.90. The Morgan fingerprint density at radius 1 is 1.06 bits per heavy atom. The summed E-state index contributed by atoms with van der Waals surface area (Å²) in [6, 6.07) is 5.46. The second kappa shape index (κ2) is 3.38. The molecule has 3 rings (SSSR count). The number of nitrogens with zero attached hydrogens (tertiary/aromatic N) is 2. The minimum absolute atomic E-state index is 0.0226. The van der Waals surface area contributed by atoms with Gasteiger partial charge in [0, 0.05) is 23.0 Å². The van der Waals surface area contributed by atoms with Crippen LogP contribution in [0.1, 0.15) is 0 Å². The summed E-state index contributed by atoms with van der Waals surface area (Å²) in [6.45, 7) is 0. The van der Waals surface area contributed by atoms with E-state index < -0.39 is 6.30 Å². The van der Waals surface area contributed by atoms with E-state index >= 15 is 0 Å². The Kier molecular flexibility index (Phi) is 2.04. The number of aromatic hydroxyl groups is 1. The minimum atomic E-state index is -4.56. The van der Waals surface area contributed by atoms with Crippen LogP contribution in [0.5, 0.6) is 5.75 Å². The lowest BCUT2D eigenvalue weighted by Gasteiger charge is -2.10. The molecular formula is C12H7F3N2O. The van der Waals surface area contributed by atoms with Gasteiger partial charge in [-0.2, -0.15) is 0 Å². The predicted molar refractivity (Wildman–Crippen MR) is 60.2 cm³/mol. The SMILES string of the molecule is Oc1ccc2c3ccncc3n(C(F)(F)F)c2c1. The third kappa shape index (κ3) is 1.42. The van der Waals surface area contributed by atoms with Crippen molar-refractivity contribution in [2.45, 2.75) is 6.30 Å². The smallest absolute Gasteiger partial charge is 0.489 e. The van der Waals surface area contributed by atoms with E-state index in [9.17, 15) is 18.3 Å². The van der Waals surface area contributed by atoms with Gasteiger partial charge in [-0.25, -0.2) is 0 Å². The first kappa shape index (κ1) is 10.9. The van der Waals surface area contributed by atoms with Gasteiger partial charge in [-0.05, 0) is 18.2 Å². The van der Waals surface area contributed by atoms with Crippen molar-refractivity contribution in [3.63, 3.8) is 0 Å². The van der Waals surface area contributed by atoms with Gasteiger partial charge in [0.2, 0.25) is 0 Å². The molecular weight excluding hydrogens is 245 g/mol. The highest BCUT2D eigenvalue weighted by molar-refractivity contribution is 6.08. The van der Waals surface area contributed by atoms with Gasteiger partial charge < -0.3 is 5.11 Å². The summed E-state index contributed by atoms with van der Waals surface area (Å²) in [5.41, 5.74) is -0.101. The molecule has 2 aromatic heterocycles. The average Bonchev–Trinajstić information content (AvgIpc) is 2.61. The van der Waals surface area contributed by atoms with Crippen molar-refractivity contribution in [1.29, 1.82) is 0 Å². The molecule has 0 spiro atoms. The maximum absolute atomic E-state index is 13.1. The van der Waals surface area contributed by atoms with Crippen LogP contribution < -0.4 is 0 Å². The lowest BCUT2D eigenvalue weighted by Crippen LogP contribution is -2.16. The zero-order valence-corrected chi connectivity index (χ0v) is 8.94. The van der Waals surface area contributed by atoms with Gasteiger partial charge in [-0.15, -0.1) is 13.2 Å². The highest BCUT2D eigenvalue weighted by Crippen LogP contribution is 2.37. The quantitative estimate of drug-likeness (QED) is 0.666. The third-order valence-electron chi connectivity index (χ3n) is 2.81. The first-order chi connectivity index (χ1) is 8.48. The van der Waals surface area contributed by atoms with Crippen LogP contribution in [0.3, 0.4) is 0 Å². The molecule has 0 unspecified atom stereocenters. The Morgan fingerprint density at radius 3 is 2.50 bits per heavy atom. The Hall–Kier alpha value is -2.24. The normalized spacial score (nSPS) is 12.4. The van der Waals surface area contributed by atoms with E-state index in [-0.39, 0.29) is 21.4 Å². The fourth-order valence-electron chi connectivity index (χ4n) is 2.13. The van der Waals surface area contributed by atoms with Crippen LogP contribution in [0, 0.1) is 0 Å². The lowest BCUT2D eigenvalue weighted by atomic mass is 10.2. The number of aromatic nitrogens is 2. The molecule has 0 aliphatic heterocycles. The predicted octanol–water partition coefficient (Wildman–Crippen LogP) is 3.37. The molecule has 1 N–H and O–H groups in total. The molecule has 18 heavy (non-hydrogen) atoms. The van der Waals surface area contributed by atoms with Crippen LogP contribution in [-0.4, -0.2) is 14.7 Å². The molecule has 0 radical (unpaired) electrons. The Balaban J connectivity index is 2.59. The van der Waals surface area contributed by atoms with Crippen LogP contribution in [0.25, 0.3) is 21.8 Å². The van der Waals surface area contributed by atoms with Gasteiger partial charge in [0.15, 0.2) is 0 Å². The summed E-state index contributed by atoms with van der Waals surface area (Å²) in [5, 5.41) is 10.2. The number of fused-ring (bicyclic) bond motifs is 3. The molecule has 0 atom stereocenters. The van der Waals surface area contributed by atoms with Crippen LogP contribution in [0.4, 0.5) is 13.2 Å². The topological polar surface area (TPSA) is 38.1 Å². The molecule has 0 fully saturated rings. The van der Waals surface area contributed by atoms with Gasteiger partial charge in [0.25, 0.3) is 0 Å². The summed E-state index contributed by atoms with van der Waals surface area (Å²) < 4.78 is 39.4. The number of halogens is 3. The molecule has 6 heteroatoms. The third-order valence-corrected chi connectivity index (χ3v) is 2.81. The number of phenolic OH excluding ortho intramolecular Hbond substituents is 1. The molecule has 3 nitrogen and oxygen atoms in total. The molecule has 0 aliphatic carbocycles. The summed E-state index contributed by atoms with van der Waals surface area (Å²) in [7, 11) is 0. The molecule has 2 heterocycles. The number of pyridine rings is 1. The highest BCUT2D eigenvalue weighted by atomic mass is 19.4. The van der Waals surface area contributed by atoms with Crippen LogP contribution >= 0.6 is 0 Å². The van der Waals surface area contributed by atoms with Crippen molar-refractivity contribution in [3.8, 4) is 5.75 Å². The fraction of sp³-hybridized carbons (Fsp3) is 0.0833. The zero-order valence-electron chi connectivity index (χ0n) is 8.94. The molecule has 0 saturated heterocycles. The largest absolute Gasteiger partial charge is 0.508 e. The number of hydrogen-bond acceptors (Lipinski definition) is 2. The maximum atomic E-state index is 13.1. The van der Waals surface area contributed by atoms with Crippen LogP contribution in [0.15, 0.2) is 36.7 Å². The molecule has 1 aromatic carbocycles. The fourth-order valence-corrected chi connectivity index (χ4v) is 2.13. The summed E-state index contributed by atoms with van der Waals surface area (Å²) in [6.07, 6.45) is -1.95. The van der Waals surface area contributed by atoms with E-state index in [1.165, 1.54) is 30.6 Å². The summed E-state index contributed by atoms with van der Waals surface area (Å²) in [5.74, 6) is -0.205. The number of hydrogen-bond donors (Lipinski definition) is 1. The van der Waals surface area contributed by atoms with Crippen molar-refractivity contribution in [1.82, 2.24) is 9.55 Å². The maximum Gasteiger partial charge on any atom is 0.489 e. The van der Waals surface area contributed by atoms with Crippen molar-refractivity contribution >= 4 is 21.8 Å². The summed E-state index contributed by atoms with van der Waals surface area (Å²) in [4.78, 5) is 3.72. The number of rotatable bonds is 0. The summed E-state index contributed by atoms with van der Waals surface area (Å²) >= 11 is 0. The number of benzene rings is 1. The Bertz CT molecular complexity index is 746. The molecule has 0 amide bonds. The standard InChI is InChI=1S/C12H7F3N2O/c13-12(14,15)17-10-5-7(18)1-2-8(10)9-3-4-16-6-11(9)17/h1-6,18H. The molecule has 3 aromatic rings. The first-order valence-electron chi connectivity index (χ1n) is 5.13. The zero-order chi connectivity index (χ0) is 12.9. The van der Waals surface area contributed by atoms with Crippen molar-refractivity contribution in [2.75, 3.05) is 0 Å². The Labute approximate surface area is 99.1 Å². The van der Waals surface area contributed by atoms with Crippen LogP contribution in [-0.2, 0) is 6.30 Å². The van der Waals surface area contributed by atoms with E-state index in [2.05, 4.69) is 4.98 Å². The molecule has 0 bridgehead atoms. The second-order valence-corrected chi connectivity index (χ2v) is 3.90. The van der Waals surface area contributed by atoms with E-state index in [4.69, 9.17) is 0 Å². The highest BCUT2D eigenvalue weighted by Gasteiger charge is 2.34. The molecule has 0 saturated carbocycles. The van der Waals surface area contributed by atoms with Gasteiger partial charge >= 0.3 is 6.30 Å². The minimum Gasteiger partial charge on any atom is -0.508 e. The van der Waals surface area contributed by atoms with E-state index in [0.29, 0.717) is 10.8 Å². The molecule has 92 valence electrons.